The topological polar surface area (TPSA) is 106 Å². The first-order valence-corrected chi connectivity index (χ1v) is 8.67. The maximum absolute atomic E-state index is 11.8. The Hall–Kier alpha value is -2.34. The molecule has 6 nitrogen and oxygen atoms in total. The molecular weight excluding hydrogens is 338 g/mol. The van der Waals surface area contributed by atoms with Crippen molar-refractivity contribution in [3.05, 3.63) is 41.1 Å². The highest BCUT2D eigenvalue weighted by Crippen LogP contribution is 2.23. The fraction of sp³-hybridized carbons (Fsp3) is 0.389. The predicted octanol–water partition coefficient (Wildman–Crippen LogP) is 2.55. The van der Waals surface area contributed by atoms with Crippen LogP contribution < -0.4 is 16.8 Å². The van der Waals surface area contributed by atoms with E-state index in [1.807, 2.05) is 6.21 Å². The number of hydrogen-bond acceptors (Lipinski definition) is 4. The summed E-state index contributed by atoms with van der Waals surface area (Å²) in [5.74, 6) is -0.225. The molecule has 0 spiro atoms. The molecule has 0 saturated heterocycles. The fourth-order valence-electron chi connectivity index (χ4n) is 2.91. The Labute approximate surface area is 153 Å². The molecule has 2 atom stereocenters. The summed E-state index contributed by atoms with van der Waals surface area (Å²) >= 11 is 5.85. The van der Waals surface area contributed by atoms with Gasteiger partial charge in [-0.1, -0.05) is 24.4 Å². The van der Waals surface area contributed by atoms with Crippen molar-refractivity contribution in [3.8, 4) is 0 Å². The summed E-state index contributed by atoms with van der Waals surface area (Å²) in [5.41, 5.74) is 12.2. The van der Waals surface area contributed by atoms with Crippen LogP contribution in [0.15, 0.2) is 46.0 Å². The van der Waals surface area contributed by atoms with Crippen molar-refractivity contribution in [2.24, 2.45) is 27.4 Å². The average molecular weight is 362 g/mol. The first kappa shape index (κ1) is 19.0. The molecule has 0 aliphatic heterocycles. The van der Waals surface area contributed by atoms with Crippen LogP contribution in [0.5, 0.6) is 0 Å². The SMILES string of the molecule is CN=C[C@H]1CCCCC1N/C=C(/C(N)=O)C(N)=Nc1ccc(Cl)cc1. The molecule has 7 heteroatoms. The van der Waals surface area contributed by atoms with E-state index in [-0.39, 0.29) is 17.5 Å². The number of rotatable bonds is 6. The van der Waals surface area contributed by atoms with E-state index in [9.17, 15) is 4.79 Å². The molecule has 0 bridgehead atoms. The summed E-state index contributed by atoms with van der Waals surface area (Å²) in [4.78, 5) is 20.1. The smallest absolute Gasteiger partial charge is 0.253 e. The molecule has 1 aromatic rings. The third-order valence-corrected chi connectivity index (χ3v) is 4.47. The van der Waals surface area contributed by atoms with Gasteiger partial charge in [0.25, 0.3) is 5.91 Å². The van der Waals surface area contributed by atoms with Crippen LogP contribution in [-0.4, -0.2) is 31.0 Å². The molecule has 1 fully saturated rings. The molecule has 1 saturated carbocycles. The van der Waals surface area contributed by atoms with Gasteiger partial charge in [0.05, 0.1) is 11.3 Å². The van der Waals surface area contributed by atoms with Crippen molar-refractivity contribution >= 4 is 35.2 Å². The van der Waals surface area contributed by atoms with Crippen molar-refractivity contribution in [2.75, 3.05) is 7.05 Å². The first-order chi connectivity index (χ1) is 12.0. The van der Waals surface area contributed by atoms with E-state index in [1.165, 1.54) is 6.42 Å². The second-order valence-corrected chi connectivity index (χ2v) is 6.46. The maximum atomic E-state index is 11.8. The van der Waals surface area contributed by atoms with E-state index in [0.717, 1.165) is 19.3 Å². The molecule has 1 aliphatic rings. The van der Waals surface area contributed by atoms with Crippen molar-refractivity contribution in [3.63, 3.8) is 0 Å². The summed E-state index contributed by atoms with van der Waals surface area (Å²) in [7, 11) is 1.77. The number of nitrogens with zero attached hydrogens (tertiary/aromatic N) is 2. The summed E-state index contributed by atoms with van der Waals surface area (Å²) in [5, 5.41) is 3.88. The van der Waals surface area contributed by atoms with Gasteiger partial charge < -0.3 is 21.8 Å². The lowest BCUT2D eigenvalue weighted by Crippen LogP contribution is -2.38. The van der Waals surface area contributed by atoms with Gasteiger partial charge in [-0.05, 0) is 37.1 Å². The highest BCUT2D eigenvalue weighted by molar-refractivity contribution is 6.30. The molecule has 0 aromatic heterocycles. The molecule has 0 radical (unpaired) electrons. The minimum absolute atomic E-state index is 0.0684. The lowest BCUT2D eigenvalue weighted by atomic mass is 9.85. The molecular formula is C18H24ClN5O. The number of carbonyl (C=O) groups is 1. The van der Waals surface area contributed by atoms with Crippen molar-refractivity contribution < 1.29 is 4.79 Å². The van der Waals surface area contributed by atoms with Gasteiger partial charge in [-0.3, -0.25) is 4.79 Å². The van der Waals surface area contributed by atoms with E-state index < -0.39 is 5.91 Å². The summed E-state index contributed by atoms with van der Waals surface area (Å²) in [6, 6.07) is 7.05. The number of nitrogens with two attached hydrogens (primary N) is 2. The number of hydrogen-bond donors (Lipinski definition) is 3. The van der Waals surface area contributed by atoms with Crippen LogP contribution in [0.2, 0.25) is 5.02 Å². The van der Waals surface area contributed by atoms with Gasteiger partial charge in [0.15, 0.2) is 0 Å². The van der Waals surface area contributed by atoms with E-state index in [0.29, 0.717) is 16.6 Å². The normalized spacial score (nSPS) is 22.2. The average Bonchev–Trinajstić information content (AvgIpc) is 2.58. The minimum atomic E-state index is -0.626. The number of aliphatic imine (C=N–C) groups is 2. The van der Waals surface area contributed by atoms with Crippen LogP contribution in [0.3, 0.4) is 0 Å². The van der Waals surface area contributed by atoms with E-state index in [1.54, 1.807) is 37.5 Å². The monoisotopic (exact) mass is 361 g/mol. The van der Waals surface area contributed by atoms with Crippen LogP contribution >= 0.6 is 11.6 Å². The van der Waals surface area contributed by atoms with Crippen molar-refractivity contribution in [2.45, 2.75) is 31.7 Å². The maximum Gasteiger partial charge on any atom is 0.253 e. The van der Waals surface area contributed by atoms with E-state index in [4.69, 9.17) is 23.1 Å². The lowest BCUT2D eigenvalue weighted by molar-refractivity contribution is -0.114. The number of carbonyl (C=O) groups excluding carboxylic acids is 1. The highest BCUT2D eigenvalue weighted by atomic mass is 35.5. The van der Waals surface area contributed by atoms with Crippen LogP contribution in [0.25, 0.3) is 0 Å². The van der Waals surface area contributed by atoms with Crippen LogP contribution in [0.4, 0.5) is 5.69 Å². The van der Waals surface area contributed by atoms with Gasteiger partial charge in [0.2, 0.25) is 0 Å². The van der Waals surface area contributed by atoms with Crippen LogP contribution in [-0.2, 0) is 4.79 Å². The zero-order valence-corrected chi connectivity index (χ0v) is 15.0. The molecule has 134 valence electrons. The molecule has 0 heterocycles. The van der Waals surface area contributed by atoms with E-state index >= 15 is 0 Å². The Bertz CT molecular complexity index is 681. The number of benzene rings is 1. The fourth-order valence-corrected chi connectivity index (χ4v) is 3.04. The highest BCUT2D eigenvalue weighted by Gasteiger charge is 2.23. The third kappa shape index (κ3) is 5.60. The molecule has 25 heavy (non-hydrogen) atoms. The Morgan fingerprint density at radius 3 is 2.56 bits per heavy atom. The number of amidine groups is 1. The number of primary amides is 1. The van der Waals surface area contributed by atoms with E-state index in [2.05, 4.69) is 15.3 Å². The number of amides is 1. The number of halogens is 1. The standard InChI is InChI=1S/C18H24ClN5O/c1-22-10-12-4-2-3-5-16(12)23-11-15(18(21)25)17(20)24-14-8-6-13(19)7-9-14/h6-12,16,23H,2-5H2,1H3,(H2,20,24)(H2,21,25)/b15-11+,22-10?/t12-,16?/m1/s1. The lowest BCUT2D eigenvalue weighted by Gasteiger charge is -2.29. The molecule has 1 aromatic carbocycles. The molecule has 5 N–H and O–H groups in total. The van der Waals surface area contributed by atoms with Crippen molar-refractivity contribution in [1.82, 2.24) is 5.32 Å². The van der Waals surface area contributed by atoms with Crippen LogP contribution in [0, 0.1) is 5.92 Å². The summed E-state index contributed by atoms with van der Waals surface area (Å²) < 4.78 is 0. The first-order valence-electron chi connectivity index (χ1n) is 8.29. The molecule has 1 amide bonds. The molecule has 2 rings (SSSR count). The molecule has 1 aliphatic carbocycles. The Morgan fingerprint density at radius 1 is 1.24 bits per heavy atom. The zero-order chi connectivity index (χ0) is 18.2. The van der Waals surface area contributed by atoms with Gasteiger partial charge in [-0.15, -0.1) is 0 Å². The summed E-state index contributed by atoms with van der Waals surface area (Å²) in [6.45, 7) is 0. The van der Waals surface area contributed by atoms with Gasteiger partial charge in [0.1, 0.15) is 5.84 Å². The summed E-state index contributed by atoms with van der Waals surface area (Å²) in [6.07, 6.45) is 7.93. The van der Waals surface area contributed by atoms with Gasteiger partial charge >= 0.3 is 0 Å². The largest absolute Gasteiger partial charge is 0.387 e. The van der Waals surface area contributed by atoms with Crippen LogP contribution in [0.1, 0.15) is 25.7 Å². The Morgan fingerprint density at radius 2 is 1.92 bits per heavy atom. The zero-order valence-electron chi connectivity index (χ0n) is 14.3. The van der Waals surface area contributed by atoms with Gasteiger partial charge in [-0.2, -0.15) is 0 Å². The second-order valence-electron chi connectivity index (χ2n) is 6.02. The minimum Gasteiger partial charge on any atom is -0.387 e. The van der Waals surface area contributed by atoms with Gasteiger partial charge in [-0.25, -0.2) is 4.99 Å². The quantitative estimate of drug-likeness (QED) is 0.411. The molecule has 1 unspecified atom stereocenters. The predicted molar refractivity (Wildman–Crippen MR) is 103 cm³/mol. The van der Waals surface area contributed by atoms with Crippen molar-refractivity contribution in [1.29, 1.82) is 0 Å². The van der Waals surface area contributed by atoms with Gasteiger partial charge in [0, 0.05) is 36.4 Å². The third-order valence-electron chi connectivity index (χ3n) is 4.22. The number of nitrogens with one attached hydrogen (secondary N) is 1. The Kier molecular flexibility index (Phi) is 7.01. The second kappa shape index (κ2) is 9.22. The Balaban J connectivity index is 2.17.